The van der Waals surface area contributed by atoms with Crippen LogP contribution in [0.4, 0.5) is 0 Å². The third kappa shape index (κ3) is 2.90. The fourth-order valence-electron chi connectivity index (χ4n) is 3.69. The summed E-state index contributed by atoms with van der Waals surface area (Å²) in [6.07, 6.45) is 4.27. The number of amides is 1. The number of H-pyrrole nitrogens is 1. The van der Waals surface area contributed by atoms with E-state index in [0.717, 1.165) is 53.1 Å². The number of carbonyl (C=O) groups excluding carboxylic acids is 1. The quantitative estimate of drug-likeness (QED) is 0.783. The molecule has 0 spiro atoms. The van der Waals surface area contributed by atoms with Crippen LogP contribution in [-0.2, 0) is 11.2 Å². The number of aromatic nitrogens is 1. The van der Waals surface area contributed by atoms with Crippen LogP contribution in [0.5, 0.6) is 5.75 Å². The highest BCUT2D eigenvalue weighted by molar-refractivity contribution is 5.90. The highest BCUT2D eigenvalue weighted by Crippen LogP contribution is 2.34. The fraction of sp³-hybridized carbons (Fsp3) is 0.350. The van der Waals surface area contributed by atoms with Crippen molar-refractivity contribution in [1.29, 1.82) is 0 Å². The topological polar surface area (TPSA) is 58.5 Å². The molecule has 1 atom stereocenters. The summed E-state index contributed by atoms with van der Waals surface area (Å²) in [4.78, 5) is 18.1. The molecule has 1 aromatic carbocycles. The third-order valence-electron chi connectivity index (χ3n) is 4.98. The number of ether oxygens (including phenoxy) is 1. The summed E-state index contributed by atoms with van der Waals surface area (Å²) in [6, 6.07) is 9.88. The molecule has 0 bridgehead atoms. The van der Waals surface area contributed by atoms with E-state index in [1.54, 1.807) is 7.11 Å². The van der Waals surface area contributed by atoms with Crippen molar-refractivity contribution in [2.45, 2.75) is 32.2 Å². The number of aryl methyl sites for hydroxylation is 1. The molecule has 3 aromatic rings. The van der Waals surface area contributed by atoms with E-state index in [2.05, 4.69) is 4.98 Å². The van der Waals surface area contributed by atoms with E-state index in [1.165, 1.54) is 0 Å². The van der Waals surface area contributed by atoms with E-state index in [4.69, 9.17) is 9.15 Å². The van der Waals surface area contributed by atoms with E-state index in [-0.39, 0.29) is 11.9 Å². The summed E-state index contributed by atoms with van der Waals surface area (Å²) in [6.45, 7) is 2.72. The molecule has 25 heavy (non-hydrogen) atoms. The number of benzene rings is 1. The number of hydrogen-bond acceptors (Lipinski definition) is 3. The van der Waals surface area contributed by atoms with Gasteiger partial charge in [0.15, 0.2) is 0 Å². The van der Waals surface area contributed by atoms with Crippen LogP contribution < -0.4 is 4.74 Å². The normalized spacial score (nSPS) is 17.4. The fourth-order valence-corrected chi connectivity index (χ4v) is 3.69. The lowest BCUT2D eigenvalue weighted by molar-refractivity contribution is -0.131. The van der Waals surface area contributed by atoms with Gasteiger partial charge in [0.1, 0.15) is 17.3 Å². The number of hydrogen-bond donors (Lipinski definition) is 1. The molecule has 0 aliphatic carbocycles. The van der Waals surface area contributed by atoms with Gasteiger partial charge in [-0.25, -0.2) is 0 Å². The number of likely N-dealkylation sites (tertiary alicyclic amines) is 1. The molecular formula is C20H22N2O3. The Balaban J connectivity index is 1.57. The first kappa shape index (κ1) is 15.8. The van der Waals surface area contributed by atoms with Gasteiger partial charge < -0.3 is 19.0 Å². The molecule has 130 valence electrons. The van der Waals surface area contributed by atoms with Crippen molar-refractivity contribution in [1.82, 2.24) is 9.88 Å². The van der Waals surface area contributed by atoms with Crippen molar-refractivity contribution in [3.05, 3.63) is 53.6 Å². The van der Waals surface area contributed by atoms with Gasteiger partial charge in [-0.05, 0) is 55.7 Å². The molecule has 5 heteroatoms. The van der Waals surface area contributed by atoms with E-state index in [9.17, 15) is 4.79 Å². The number of aromatic amines is 1. The van der Waals surface area contributed by atoms with E-state index in [0.29, 0.717) is 6.42 Å². The van der Waals surface area contributed by atoms with Crippen LogP contribution >= 0.6 is 0 Å². The minimum atomic E-state index is 0.0564. The molecule has 1 saturated heterocycles. The highest BCUT2D eigenvalue weighted by Gasteiger charge is 2.32. The Morgan fingerprint density at radius 2 is 2.24 bits per heavy atom. The molecule has 4 rings (SSSR count). The van der Waals surface area contributed by atoms with Crippen LogP contribution in [0.2, 0.25) is 0 Å². The summed E-state index contributed by atoms with van der Waals surface area (Å²) in [5.41, 5.74) is 2.02. The minimum absolute atomic E-state index is 0.0564. The summed E-state index contributed by atoms with van der Waals surface area (Å²) >= 11 is 0. The van der Waals surface area contributed by atoms with Gasteiger partial charge >= 0.3 is 0 Å². The van der Waals surface area contributed by atoms with E-state index >= 15 is 0 Å². The maximum Gasteiger partial charge on any atom is 0.227 e. The third-order valence-corrected chi connectivity index (χ3v) is 4.98. The van der Waals surface area contributed by atoms with Crippen LogP contribution in [-0.4, -0.2) is 29.4 Å². The number of fused-ring (bicyclic) bond motifs is 1. The van der Waals surface area contributed by atoms with Gasteiger partial charge in [0.05, 0.1) is 19.6 Å². The Kier molecular flexibility index (Phi) is 3.99. The maximum absolute atomic E-state index is 12.9. The number of rotatable bonds is 4. The summed E-state index contributed by atoms with van der Waals surface area (Å²) in [5.74, 6) is 2.72. The monoisotopic (exact) mass is 338 g/mol. The number of methoxy groups -OCH3 is 1. The Hall–Kier alpha value is -2.69. The van der Waals surface area contributed by atoms with Gasteiger partial charge in [-0.3, -0.25) is 4.79 Å². The zero-order valence-corrected chi connectivity index (χ0v) is 14.5. The predicted molar refractivity (Wildman–Crippen MR) is 95.7 cm³/mol. The van der Waals surface area contributed by atoms with E-state index in [1.807, 2.05) is 48.4 Å². The standard InChI is InChI=1S/C20H22N2O3/c1-13-5-8-19(25-13)18-4-3-9-22(18)20(23)10-14-12-21-17-7-6-15(24-2)11-16(14)17/h5-8,11-12,18,21H,3-4,9-10H2,1-2H3/t18-/m0/s1. The summed E-state index contributed by atoms with van der Waals surface area (Å²) in [5, 5.41) is 1.04. The molecule has 0 saturated carbocycles. The average Bonchev–Trinajstić information content (AvgIpc) is 3.34. The lowest BCUT2D eigenvalue weighted by Gasteiger charge is -2.23. The first-order chi connectivity index (χ1) is 12.2. The number of nitrogens with zero attached hydrogens (tertiary/aromatic N) is 1. The molecule has 0 radical (unpaired) electrons. The van der Waals surface area contributed by atoms with Crippen LogP contribution in [0.1, 0.15) is 36.0 Å². The number of nitrogens with one attached hydrogen (secondary N) is 1. The molecule has 1 amide bonds. The SMILES string of the molecule is COc1ccc2[nH]cc(CC(=O)N3CCC[C@H]3c3ccc(C)o3)c2c1. The van der Waals surface area contributed by atoms with Crippen molar-refractivity contribution < 1.29 is 13.9 Å². The Bertz CT molecular complexity index is 909. The van der Waals surface area contributed by atoms with Gasteiger partial charge in [0.25, 0.3) is 0 Å². The second-order valence-corrected chi connectivity index (χ2v) is 6.60. The number of carbonyl (C=O) groups is 1. The first-order valence-corrected chi connectivity index (χ1v) is 8.65. The Morgan fingerprint density at radius 1 is 1.36 bits per heavy atom. The van der Waals surface area contributed by atoms with Crippen LogP contribution in [0, 0.1) is 6.92 Å². The summed E-state index contributed by atoms with van der Waals surface area (Å²) in [7, 11) is 1.65. The van der Waals surface area contributed by atoms with E-state index < -0.39 is 0 Å². The molecule has 5 nitrogen and oxygen atoms in total. The van der Waals surface area contributed by atoms with Gasteiger partial charge in [0.2, 0.25) is 5.91 Å². The highest BCUT2D eigenvalue weighted by atomic mass is 16.5. The molecule has 3 heterocycles. The first-order valence-electron chi connectivity index (χ1n) is 8.65. The lowest BCUT2D eigenvalue weighted by Crippen LogP contribution is -2.31. The van der Waals surface area contributed by atoms with Crippen molar-refractivity contribution in [2.24, 2.45) is 0 Å². The van der Waals surface area contributed by atoms with Crippen LogP contribution in [0.25, 0.3) is 10.9 Å². The Labute approximate surface area is 146 Å². The molecule has 0 unspecified atom stereocenters. The van der Waals surface area contributed by atoms with Crippen molar-refractivity contribution in [3.63, 3.8) is 0 Å². The number of furan rings is 1. The van der Waals surface area contributed by atoms with Gasteiger partial charge in [-0.2, -0.15) is 0 Å². The Morgan fingerprint density at radius 3 is 3.00 bits per heavy atom. The smallest absolute Gasteiger partial charge is 0.227 e. The lowest BCUT2D eigenvalue weighted by atomic mass is 10.1. The molecule has 1 aliphatic rings. The van der Waals surface area contributed by atoms with Crippen LogP contribution in [0.15, 0.2) is 40.9 Å². The molecular weight excluding hydrogens is 316 g/mol. The zero-order chi connectivity index (χ0) is 17.4. The van der Waals surface area contributed by atoms with Gasteiger partial charge in [-0.1, -0.05) is 0 Å². The second kappa shape index (κ2) is 6.31. The molecule has 1 N–H and O–H groups in total. The van der Waals surface area contributed by atoms with Crippen molar-refractivity contribution >= 4 is 16.8 Å². The minimum Gasteiger partial charge on any atom is -0.497 e. The van der Waals surface area contributed by atoms with Crippen molar-refractivity contribution in [3.8, 4) is 5.75 Å². The second-order valence-electron chi connectivity index (χ2n) is 6.60. The van der Waals surface area contributed by atoms with Gasteiger partial charge in [0, 0.05) is 23.6 Å². The predicted octanol–water partition coefficient (Wildman–Crippen LogP) is 3.98. The maximum atomic E-state index is 12.9. The molecule has 1 aliphatic heterocycles. The van der Waals surface area contributed by atoms with Crippen LogP contribution in [0.3, 0.4) is 0 Å². The van der Waals surface area contributed by atoms with Crippen molar-refractivity contribution in [2.75, 3.05) is 13.7 Å². The largest absolute Gasteiger partial charge is 0.497 e. The zero-order valence-electron chi connectivity index (χ0n) is 14.5. The molecule has 1 fully saturated rings. The average molecular weight is 338 g/mol. The van der Waals surface area contributed by atoms with Gasteiger partial charge in [-0.15, -0.1) is 0 Å². The summed E-state index contributed by atoms with van der Waals surface area (Å²) < 4.78 is 11.1. The molecule has 2 aromatic heterocycles.